The average molecular weight is 381 g/mol. The first-order valence-corrected chi connectivity index (χ1v) is 8.80. The van der Waals surface area contributed by atoms with Gasteiger partial charge in [-0.3, -0.25) is 4.79 Å². The molecule has 2 aromatic carbocycles. The highest BCUT2D eigenvalue weighted by atomic mass is 16.5. The van der Waals surface area contributed by atoms with Gasteiger partial charge in [0.15, 0.2) is 11.5 Å². The van der Waals surface area contributed by atoms with Gasteiger partial charge < -0.3 is 18.8 Å². The van der Waals surface area contributed by atoms with Gasteiger partial charge in [-0.05, 0) is 44.2 Å². The Hall–Kier alpha value is -3.35. The van der Waals surface area contributed by atoms with Gasteiger partial charge in [-0.25, -0.2) is 0 Å². The van der Waals surface area contributed by atoms with Crippen LogP contribution in [0.15, 0.2) is 40.8 Å². The Balaban J connectivity index is 1.76. The summed E-state index contributed by atoms with van der Waals surface area (Å²) >= 11 is 0. The number of methoxy groups -OCH3 is 2. The normalized spacial score (nSPS) is 10.6. The van der Waals surface area contributed by atoms with Crippen LogP contribution in [0.4, 0.5) is 0 Å². The van der Waals surface area contributed by atoms with Crippen molar-refractivity contribution >= 4 is 5.91 Å². The van der Waals surface area contributed by atoms with E-state index in [1.54, 1.807) is 38.3 Å². The Labute approximate surface area is 163 Å². The second-order valence-corrected chi connectivity index (χ2v) is 6.61. The van der Waals surface area contributed by atoms with E-state index in [2.05, 4.69) is 10.2 Å². The van der Waals surface area contributed by atoms with Crippen LogP contribution >= 0.6 is 0 Å². The van der Waals surface area contributed by atoms with Crippen LogP contribution < -0.4 is 9.47 Å². The van der Waals surface area contributed by atoms with Gasteiger partial charge in [0.2, 0.25) is 11.8 Å². The SMILES string of the molecule is COc1ccc(-c2nnc(CN(C)C(=O)c3cc(C)cc(C)c3)o2)cc1OC. The van der Waals surface area contributed by atoms with Gasteiger partial charge in [0.25, 0.3) is 5.91 Å². The van der Waals surface area contributed by atoms with Crippen molar-refractivity contribution in [1.82, 2.24) is 15.1 Å². The largest absolute Gasteiger partial charge is 0.493 e. The summed E-state index contributed by atoms with van der Waals surface area (Å²) in [5, 5.41) is 8.14. The maximum atomic E-state index is 12.7. The number of carbonyl (C=O) groups is 1. The first-order valence-electron chi connectivity index (χ1n) is 8.80. The third-order valence-corrected chi connectivity index (χ3v) is 4.29. The highest BCUT2D eigenvalue weighted by Gasteiger charge is 2.17. The van der Waals surface area contributed by atoms with E-state index in [0.717, 1.165) is 11.1 Å². The van der Waals surface area contributed by atoms with E-state index in [1.165, 1.54) is 0 Å². The number of hydrogen-bond donors (Lipinski definition) is 0. The zero-order chi connectivity index (χ0) is 20.3. The summed E-state index contributed by atoms with van der Waals surface area (Å²) in [5.74, 6) is 1.79. The molecular formula is C21H23N3O4. The van der Waals surface area contributed by atoms with Crippen LogP contribution in [0.3, 0.4) is 0 Å². The van der Waals surface area contributed by atoms with Gasteiger partial charge >= 0.3 is 0 Å². The Kier molecular flexibility index (Phi) is 5.63. The van der Waals surface area contributed by atoms with Crippen molar-refractivity contribution in [2.75, 3.05) is 21.3 Å². The summed E-state index contributed by atoms with van der Waals surface area (Å²) in [4.78, 5) is 14.2. The highest BCUT2D eigenvalue weighted by molar-refractivity contribution is 5.94. The molecule has 0 spiro atoms. The van der Waals surface area contributed by atoms with E-state index in [1.807, 2.05) is 38.1 Å². The van der Waals surface area contributed by atoms with Gasteiger partial charge in [0, 0.05) is 18.2 Å². The molecule has 0 radical (unpaired) electrons. The molecule has 1 amide bonds. The number of aromatic nitrogens is 2. The molecule has 1 aromatic heterocycles. The zero-order valence-corrected chi connectivity index (χ0v) is 16.6. The summed E-state index contributed by atoms with van der Waals surface area (Å²) < 4.78 is 16.3. The number of benzene rings is 2. The minimum atomic E-state index is -0.0994. The number of nitrogens with zero attached hydrogens (tertiary/aromatic N) is 3. The van der Waals surface area contributed by atoms with Crippen molar-refractivity contribution in [2.45, 2.75) is 20.4 Å². The highest BCUT2D eigenvalue weighted by Crippen LogP contribution is 2.31. The van der Waals surface area contributed by atoms with Crippen LogP contribution in [0.1, 0.15) is 27.4 Å². The number of hydrogen-bond acceptors (Lipinski definition) is 6. The molecule has 0 saturated heterocycles. The molecule has 0 bridgehead atoms. The third kappa shape index (κ3) is 4.14. The fourth-order valence-corrected chi connectivity index (χ4v) is 3.00. The van der Waals surface area contributed by atoms with Crippen molar-refractivity contribution in [3.63, 3.8) is 0 Å². The molecule has 0 fully saturated rings. The lowest BCUT2D eigenvalue weighted by Gasteiger charge is -2.15. The molecule has 0 saturated carbocycles. The quantitative estimate of drug-likeness (QED) is 0.649. The van der Waals surface area contributed by atoms with Gasteiger partial charge in [0.05, 0.1) is 20.8 Å². The van der Waals surface area contributed by atoms with Crippen LogP contribution in [0.2, 0.25) is 0 Å². The molecule has 146 valence electrons. The number of rotatable bonds is 6. The van der Waals surface area contributed by atoms with Crippen LogP contribution in [0.5, 0.6) is 11.5 Å². The molecule has 28 heavy (non-hydrogen) atoms. The average Bonchev–Trinajstić information content (AvgIpc) is 3.14. The minimum absolute atomic E-state index is 0.0994. The maximum Gasteiger partial charge on any atom is 0.254 e. The minimum Gasteiger partial charge on any atom is -0.493 e. The predicted octanol–water partition coefficient (Wildman–Crippen LogP) is 3.64. The number of ether oxygens (including phenoxy) is 2. The lowest BCUT2D eigenvalue weighted by Crippen LogP contribution is -2.26. The second kappa shape index (κ2) is 8.12. The van der Waals surface area contributed by atoms with E-state index >= 15 is 0 Å². The zero-order valence-electron chi connectivity index (χ0n) is 16.6. The Morgan fingerprint density at radius 1 is 1.00 bits per heavy atom. The van der Waals surface area contributed by atoms with Gasteiger partial charge in [-0.2, -0.15) is 0 Å². The molecule has 1 heterocycles. The molecule has 0 aliphatic heterocycles. The molecule has 3 rings (SSSR count). The van der Waals surface area contributed by atoms with Crippen LogP contribution in [0, 0.1) is 13.8 Å². The van der Waals surface area contributed by atoms with Crippen molar-refractivity contribution in [1.29, 1.82) is 0 Å². The molecule has 3 aromatic rings. The number of aryl methyl sites for hydroxylation is 2. The Bertz CT molecular complexity index is 977. The van der Waals surface area contributed by atoms with E-state index < -0.39 is 0 Å². The number of amides is 1. The Morgan fingerprint density at radius 3 is 2.32 bits per heavy atom. The molecule has 0 aliphatic carbocycles. The summed E-state index contributed by atoms with van der Waals surface area (Å²) in [6, 6.07) is 11.1. The fraction of sp³-hybridized carbons (Fsp3) is 0.286. The van der Waals surface area contributed by atoms with Crippen molar-refractivity contribution < 1.29 is 18.7 Å². The second-order valence-electron chi connectivity index (χ2n) is 6.61. The van der Waals surface area contributed by atoms with E-state index in [4.69, 9.17) is 13.9 Å². The first-order chi connectivity index (χ1) is 13.4. The van der Waals surface area contributed by atoms with Crippen LogP contribution in [-0.4, -0.2) is 42.3 Å². The van der Waals surface area contributed by atoms with E-state index in [9.17, 15) is 4.79 Å². The molecule has 7 nitrogen and oxygen atoms in total. The van der Waals surface area contributed by atoms with Gasteiger partial charge in [-0.15, -0.1) is 10.2 Å². The summed E-state index contributed by atoms with van der Waals surface area (Å²) in [6.07, 6.45) is 0. The van der Waals surface area contributed by atoms with Crippen molar-refractivity contribution in [3.8, 4) is 23.0 Å². The monoisotopic (exact) mass is 381 g/mol. The maximum absolute atomic E-state index is 12.7. The molecule has 7 heteroatoms. The van der Waals surface area contributed by atoms with E-state index in [0.29, 0.717) is 34.4 Å². The van der Waals surface area contributed by atoms with E-state index in [-0.39, 0.29) is 12.5 Å². The summed E-state index contributed by atoms with van der Waals surface area (Å²) in [7, 11) is 4.85. The summed E-state index contributed by atoms with van der Waals surface area (Å²) in [6.45, 7) is 4.15. The Morgan fingerprint density at radius 2 is 1.68 bits per heavy atom. The fourth-order valence-electron chi connectivity index (χ4n) is 3.00. The molecule has 0 atom stereocenters. The van der Waals surface area contributed by atoms with Crippen molar-refractivity contribution in [2.24, 2.45) is 0 Å². The lowest BCUT2D eigenvalue weighted by molar-refractivity contribution is 0.0773. The van der Waals surface area contributed by atoms with Crippen LogP contribution in [0.25, 0.3) is 11.5 Å². The van der Waals surface area contributed by atoms with Gasteiger partial charge in [-0.1, -0.05) is 17.2 Å². The number of carbonyl (C=O) groups excluding carboxylic acids is 1. The lowest BCUT2D eigenvalue weighted by atomic mass is 10.1. The molecule has 0 N–H and O–H groups in total. The summed E-state index contributed by atoms with van der Waals surface area (Å²) in [5.41, 5.74) is 3.44. The van der Waals surface area contributed by atoms with Crippen LogP contribution in [-0.2, 0) is 6.54 Å². The predicted molar refractivity (Wildman–Crippen MR) is 105 cm³/mol. The van der Waals surface area contributed by atoms with Crippen molar-refractivity contribution in [3.05, 3.63) is 59.0 Å². The third-order valence-electron chi connectivity index (χ3n) is 4.29. The van der Waals surface area contributed by atoms with Gasteiger partial charge in [0.1, 0.15) is 0 Å². The smallest absolute Gasteiger partial charge is 0.254 e. The topological polar surface area (TPSA) is 77.7 Å². The molecular weight excluding hydrogens is 358 g/mol. The molecule has 0 aliphatic rings. The molecule has 0 unspecified atom stereocenters. The first kappa shape index (κ1) is 19.4. The standard InChI is InChI=1S/C21H23N3O4/c1-13-8-14(2)10-16(9-13)21(25)24(3)12-19-22-23-20(28-19)15-6-7-17(26-4)18(11-15)27-5/h6-11H,12H2,1-5H3.